The van der Waals surface area contributed by atoms with Gasteiger partial charge in [-0.1, -0.05) is 55.2 Å². The van der Waals surface area contributed by atoms with Crippen LogP contribution >= 0.6 is 12.4 Å². The number of nitrogens with zero attached hydrogens (tertiary/aromatic N) is 1. The Morgan fingerprint density at radius 3 is 2.56 bits per heavy atom. The molecule has 0 aromatic heterocycles. The predicted molar refractivity (Wildman–Crippen MR) is 145 cm³/mol. The van der Waals surface area contributed by atoms with Crippen molar-refractivity contribution in [2.45, 2.75) is 94.6 Å². The third kappa shape index (κ3) is 4.10. The van der Waals surface area contributed by atoms with Gasteiger partial charge >= 0.3 is 5.97 Å². The molecular weight excluding hydrogens is 470 g/mol. The van der Waals surface area contributed by atoms with Crippen molar-refractivity contribution in [3.05, 3.63) is 64.7 Å². The summed E-state index contributed by atoms with van der Waals surface area (Å²) in [6, 6.07) is 14.5. The van der Waals surface area contributed by atoms with E-state index < -0.39 is 5.60 Å². The van der Waals surface area contributed by atoms with E-state index in [2.05, 4.69) is 17.0 Å². The molecule has 0 amide bonds. The van der Waals surface area contributed by atoms with E-state index in [1.54, 1.807) is 0 Å². The molecule has 4 nitrogen and oxygen atoms in total. The van der Waals surface area contributed by atoms with Crippen molar-refractivity contribution in [3.63, 3.8) is 0 Å². The van der Waals surface area contributed by atoms with Crippen LogP contribution in [0, 0.1) is 12.8 Å². The number of hydrogen-bond donors (Lipinski definition) is 1. The smallest absolute Gasteiger partial charge is 0.318 e. The fourth-order valence-electron chi connectivity index (χ4n) is 7.57. The molecule has 2 aromatic rings. The number of hydrogen-bond acceptors (Lipinski definition) is 4. The molecule has 36 heavy (non-hydrogen) atoms. The Bertz CT molecular complexity index is 1110. The summed E-state index contributed by atoms with van der Waals surface area (Å²) in [5, 5.41) is 12.4. The number of carbonyl (C=O) groups excluding carboxylic acids is 1. The first-order valence-corrected chi connectivity index (χ1v) is 13.8. The summed E-state index contributed by atoms with van der Waals surface area (Å²) in [5.74, 6) is 0.878. The predicted octanol–water partition coefficient (Wildman–Crippen LogP) is 6.10. The Labute approximate surface area is 221 Å². The first-order valence-electron chi connectivity index (χ1n) is 13.8. The third-order valence-corrected chi connectivity index (χ3v) is 9.93. The van der Waals surface area contributed by atoms with Crippen LogP contribution in [-0.2, 0) is 16.6 Å². The van der Waals surface area contributed by atoms with Crippen LogP contribution in [0.2, 0.25) is 0 Å². The number of rotatable bonds is 5. The van der Waals surface area contributed by atoms with Gasteiger partial charge in [-0.05, 0) is 93.7 Å². The summed E-state index contributed by atoms with van der Waals surface area (Å²) in [6.45, 7) is 6.17. The average molecular weight is 510 g/mol. The number of aliphatic hydroxyl groups is 1. The molecule has 2 aromatic carbocycles. The average Bonchev–Trinajstić information content (AvgIpc) is 2.82. The number of ether oxygens (including phenoxy) is 1. The zero-order chi connectivity index (χ0) is 24.2. The van der Waals surface area contributed by atoms with Crippen molar-refractivity contribution in [1.82, 2.24) is 4.90 Å². The van der Waals surface area contributed by atoms with Gasteiger partial charge in [0.1, 0.15) is 5.75 Å². The van der Waals surface area contributed by atoms with Gasteiger partial charge in [-0.3, -0.25) is 9.69 Å². The van der Waals surface area contributed by atoms with E-state index in [9.17, 15) is 9.90 Å². The molecule has 1 saturated heterocycles. The second kappa shape index (κ2) is 9.78. The summed E-state index contributed by atoms with van der Waals surface area (Å²) >= 11 is 0. The van der Waals surface area contributed by atoms with Crippen molar-refractivity contribution in [1.29, 1.82) is 0 Å². The van der Waals surface area contributed by atoms with E-state index in [0.29, 0.717) is 5.75 Å². The fourth-order valence-corrected chi connectivity index (χ4v) is 7.57. The van der Waals surface area contributed by atoms with E-state index in [1.807, 2.05) is 44.2 Å². The van der Waals surface area contributed by atoms with Gasteiger partial charge < -0.3 is 9.84 Å². The van der Waals surface area contributed by atoms with Gasteiger partial charge in [-0.15, -0.1) is 12.4 Å². The van der Waals surface area contributed by atoms with Crippen molar-refractivity contribution < 1.29 is 14.6 Å². The molecule has 1 N–H and O–H groups in total. The monoisotopic (exact) mass is 509 g/mol. The Balaban J connectivity index is 0.00000267. The van der Waals surface area contributed by atoms with E-state index in [1.165, 1.54) is 36.0 Å². The zero-order valence-corrected chi connectivity index (χ0v) is 22.5. The molecule has 1 aliphatic heterocycles. The van der Waals surface area contributed by atoms with Crippen LogP contribution in [0.3, 0.4) is 0 Å². The molecule has 0 radical (unpaired) electrons. The number of piperidine rings is 1. The molecule has 6 rings (SSSR count). The summed E-state index contributed by atoms with van der Waals surface area (Å²) in [4.78, 5) is 15.7. The highest BCUT2D eigenvalue weighted by Crippen LogP contribution is 2.58. The maximum atomic E-state index is 13.0. The summed E-state index contributed by atoms with van der Waals surface area (Å²) in [5.41, 5.74) is 3.84. The van der Waals surface area contributed by atoms with E-state index in [4.69, 9.17) is 4.74 Å². The van der Waals surface area contributed by atoms with Crippen LogP contribution < -0.4 is 4.74 Å². The van der Waals surface area contributed by atoms with Crippen LogP contribution in [0.25, 0.3) is 0 Å². The van der Waals surface area contributed by atoms with Gasteiger partial charge in [0.25, 0.3) is 0 Å². The number of halogens is 1. The topological polar surface area (TPSA) is 49.8 Å². The van der Waals surface area contributed by atoms with Crippen LogP contribution in [0.4, 0.5) is 0 Å². The maximum Gasteiger partial charge on any atom is 0.318 e. The van der Waals surface area contributed by atoms with Crippen molar-refractivity contribution in [2.75, 3.05) is 13.1 Å². The van der Waals surface area contributed by atoms with Gasteiger partial charge in [0.2, 0.25) is 0 Å². The molecule has 4 atom stereocenters. The zero-order valence-electron chi connectivity index (χ0n) is 21.7. The first kappa shape index (κ1) is 25.8. The number of esters is 1. The highest BCUT2D eigenvalue weighted by molar-refractivity contribution is 5.85. The van der Waals surface area contributed by atoms with Crippen molar-refractivity contribution in [2.24, 2.45) is 5.92 Å². The van der Waals surface area contributed by atoms with Crippen LogP contribution in [-0.4, -0.2) is 40.7 Å². The van der Waals surface area contributed by atoms with Gasteiger partial charge in [0.15, 0.2) is 0 Å². The molecule has 1 unspecified atom stereocenters. The molecule has 3 aliphatic carbocycles. The second-order valence-electron chi connectivity index (χ2n) is 11.8. The fraction of sp³-hybridized carbons (Fsp3) is 0.581. The van der Waals surface area contributed by atoms with Crippen molar-refractivity contribution >= 4 is 18.4 Å². The first-order chi connectivity index (χ1) is 16.9. The van der Waals surface area contributed by atoms with Crippen LogP contribution in [0.1, 0.15) is 86.5 Å². The molecule has 2 bridgehead atoms. The number of fused-ring (bicyclic) bond motifs is 1. The third-order valence-electron chi connectivity index (χ3n) is 9.93. The number of carbonyl (C=O) groups is 1. The number of likely N-dealkylation sites (tertiary alicyclic amines) is 1. The summed E-state index contributed by atoms with van der Waals surface area (Å²) < 4.78 is 5.94. The molecule has 2 saturated carbocycles. The Morgan fingerprint density at radius 2 is 1.83 bits per heavy atom. The second-order valence-corrected chi connectivity index (χ2v) is 11.8. The Morgan fingerprint density at radius 1 is 1.08 bits per heavy atom. The molecule has 4 aliphatic rings. The molecule has 3 fully saturated rings. The number of aryl methyl sites for hydroxylation is 1. The van der Waals surface area contributed by atoms with E-state index in [0.717, 1.165) is 63.1 Å². The molecule has 5 heteroatoms. The minimum atomic E-state index is -0.682. The molecule has 1 heterocycles. The SMILES string of the molecule is Cc1ccc(C(C)C(=O)Oc2ccc3c(c2)[C@@]24CCCC[C@@]2(O)[C@@H](C3)N(CC2CCC2)CC4)cc1.Cl. The highest BCUT2D eigenvalue weighted by Gasteiger charge is 2.63. The number of benzene rings is 2. The molecular formula is C31H40ClNO3. The Kier molecular flexibility index (Phi) is 6.99. The minimum Gasteiger partial charge on any atom is -0.426 e. The lowest BCUT2D eigenvalue weighted by Gasteiger charge is -2.64. The highest BCUT2D eigenvalue weighted by atomic mass is 35.5. The largest absolute Gasteiger partial charge is 0.426 e. The van der Waals surface area contributed by atoms with E-state index >= 15 is 0 Å². The maximum absolute atomic E-state index is 13.0. The molecule has 194 valence electrons. The normalized spacial score (nSPS) is 30.2. The van der Waals surface area contributed by atoms with Gasteiger partial charge in [-0.25, -0.2) is 0 Å². The molecule has 0 spiro atoms. The lowest BCUT2D eigenvalue weighted by Crippen LogP contribution is -2.72. The Hall–Kier alpha value is -1.88. The quantitative estimate of drug-likeness (QED) is 0.391. The van der Waals surface area contributed by atoms with Gasteiger partial charge in [0, 0.05) is 18.0 Å². The summed E-state index contributed by atoms with van der Waals surface area (Å²) in [6.07, 6.45) is 10.1. The van der Waals surface area contributed by atoms with E-state index in [-0.39, 0.29) is 35.8 Å². The standard InChI is InChI=1S/C31H39NO3.ClH/c1-21-8-10-24(11-9-21)22(2)29(33)35-26-13-12-25-18-28-31(34)15-4-3-14-30(31,27(25)19-26)16-17-32(28)20-23-6-5-7-23;/h8-13,19,22-23,28,34H,3-7,14-18,20H2,1-2H3;1H/t22?,28-,30+,31-;/m1./s1. The lowest BCUT2D eigenvalue weighted by molar-refractivity contribution is -0.169. The minimum absolute atomic E-state index is 0. The van der Waals surface area contributed by atoms with Gasteiger partial charge in [-0.2, -0.15) is 0 Å². The van der Waals surface area contributed by atoms with Crippen molar-refractivity contribution in [3.8, 4) is 5.75 Å². The van der Waals surface area contributed by atoms with Crippen LogP contribution in [0.5, 0.6) is 5.75 Å². The van der Waals surface area contributed by atoms with Gasteiger partial charge in [0.05, 0.1) is 11.5 Å². The van der Waals surface area contributed by atoms with Crippen LogP contribution in [0.15, 0.2) is 42.5 Å². The lowest BCUT2D eigenvalue weighted by atomic mass is 9.49. The summed E-state index contributed by atoms with van der Waals surface area (Å²) in [7, 11) is 0.